The molecule has 1 aromatic carbocycles. The molecule has 0 aromatic heterocycles. The number of unbranched alkanes of at least 4 members (excludes halogenated alkanes) is 1. The van der Waals surface area contributed by atoms with Crippen LogP contribution in [0.1, 0.15) is 30.9 Å². The van der Waals surface area contributed by atoms with Crippen molar-refractivity contribution in [2.24, 2.45) is 11.5 Å². The zero-order valence-electron chi connectivity index (χ0n) is 11.7. The third-order valence-electron chi connectivity index (χ3n) is 2.80. The molecule has 0 saturated carbocycles. The van der Waals surface area contributed by atoms with E-state index in [-0.39, 0.29) is 18.2 Å². The van der Waals surface area contributed by atoms with E-state index < -0.39 is 12.4 Å². The van der Waals surface area contributed by atoms with Crippen LogP contribution in [0.25, 0.3) is 0 Å². The lowest BCUT2D eigenvalue weighted by Crippen LogP contribution is -2.18. The van der Waals surface area contributed by atoms with Gasteiger partial charge in [-0.15, -0.1) is 25.6 Å². The van der Waals surface area contributed by atoms with Crippen LogP contribution < -0.4 is 20.9 Å². The molecule has 0 unspecified atom stereocenters. The molecule has 0 aliphatic heterocycles. The number of nitrogens with two attached hydrogens (primary N) is 2. The summed E-state index contributed by atoms with van der Waals surface area (Å²) in [7, 11) is 1.44. The van der Waals surface area contributed by atoms with Gasteiger partial charge in [-0.1, -0.05) is 6.42 Å². The van der Waals surface area contributed by atoms with E-state index in [1.807, 2.05) is 0 Å². The van der Waals surface area contributed by atoms with Gasteiger partial charge in [-0.3, -0.25) is 0 Å². The van der Waals surface area contributed by atoms with Crippen LogP contribution >= 0.6 is 12.4 Å². The zero-order chi connectivity index (χ0) is 15.2. The van der Waals surface area contributed by atoms with Crippen molar-refractivity contribution in [1.29, 1.82) is 0 Å². The quantitative estimate of drug-likeness (QED) is 0.754. The third-order valence-corrected chi connectivity index (χ3v) is 2.80. The Hall–Kier alpha value is -1.18. The van der Waals surface area contributed by atoms with Crippen molar-refractivity contribution in [2.45, 2.75) is 31.7 Å². The van der Waals surface area contributed by atoms with Gasteiger partial charge in [0.25, 0.3) is 0 Å². The molecule has 0 aliphatic rings. The Morgan fingerprint density at radius 1 is 1.24 bits per heavy atom. The summed E-state index contributed by atoms with van der Waals surface area (Å²) in [5.41, 5.74) is 11.9. The second-order valence-electron chi connectivity index (χ2n) is 4.34. The average molecular weight is 329 g/mol. The van der Waals surface area contributed by atoms with Crippen LogP contribution in [0.5, 0.6) is 11.5 Å². The van der Waals surface area contributed by atoms with Crippen LogP contribution in [0.4, 0.5) is 13.2 Å². The van der Waals surface area contributed by atoms with E-state index >= 15 is 0 Å². The molecule has 0 fully saturated rings. The van der Waals surface area contributed by atoms with Gasteiger partial charge in [0.2, 0.25) is 0 Å². The summed E-state index contributed by atoms with van der Waals surface area (Å²) in [6, 6.07) is 3.45. The van der Waals surface area contributed by atoms with E-state index in [9.17, 15) is 13.2 Å². The minimum absolute atomic E-state index is 0. The van der Waals surface area contributed by atoms with Gasteiger partial charge in [-0.25, -0.2) is 0 Å². The number of rotatable bonds is 7. The van der Waals surface area contributed by atoms with Gasteiger partial charge in [0.15, 0.2) is 0 Å². The lowest BCUT2D eigenvalue weighted by atomic mass is 10.0. The molecule has 21 heavy (non-hydrogen) atoms. The van der Waals surface area contributed by atoms with Gasteiger partial charge in [0, 0.05) is 11.6 Å². The van der Waals surface area contributed by atoms with Gasteiger partial charge in [-0.2, -0.15) is 0 Å². The SMILES string of the molecule is COc1ccc(OC(F)(F)F)cc1[C@H](N)CCCCN.Cl. The number of alkyl halides is 3. The number of halogens is 4. The first kappa shape index (κ1) is 19.8. The van der Waals surface area contributed by atoms with E-state index in [4.69, 9.17) is 16.2 Å². The molecule has 4 N–H and O–H groups in total. The molecule has 0 spiro atoms. The second-order valence-corrected chi connectivity index (χ2v) is 4.34. The first-order valence-corrected chi connectivity index (χ1v) is 6.26. The Morgan fingerprint density at radius 2 is 1.90 bits per heavy atom. The summed E-state index contributed by atoms with van der Waals surface area (Å²) in [4.78, 5) is 0. The fraction of sp³-hybridized carbons (Fsp3) is 0.538. The van der Waals surface area contributed by atoms with E-state index in [1.165, 1.54) is 25.3 Å². The summed E-state index contributed by atoms with van der Waals surface area (Å²) in [6.45, 7) is 0.557. The van der Waals surface area contributed by atoms with Crippen molar-refractivity contribution in [3.63, 3.8) is 0 Å². The van der Waals surface area contributed by atoms with Crippen LogP contribution in [-0.4, -0.2) is 20.0 Å². The Morgan fingerprint density at radius 3 is 2.43 bits per heavy atom. The van der Waals surface area contributed by atoms with Crippen molar-refractivity contribution in [1.82, 2.24) is 0 Å². The van der Waals surface area contributed by atoms with E-state index in [0.29, 0.717) is 24.3 Å². The standard InChI is InChI=1S/C13H19F3N2O2.ClH/c1-19-12-6-5-9(20-13(14,15)16)8-10(12)11(18)4-2-3-7-17;/h5-6,8,11H,2-4,7,17-18H2,1H3;1H/t11-;/m1./s1. The lowest BCUT2D eigenvalue weighted by Gasteiger charge is -2.17. The lowest BCUT2D eigenvalue weighted by molar-refractivity contribution is -0.274. The van der Waals surface area contributed by atoms with Crippen molar-refractivity contribution in [3.05, 3.63) is 23.8 Å². The fourth-order valence-electron chi connectivity index (χ4n) is 1.86. The largest absolute Gasteiger partial charge is 0.573 e. The summed E-state index contributed by atoms with van der Waals surface area (Å²) in [5.74, 6) is 0.141. The van der Waals surface area contributed by atoms with E-state index in [2.05, 4.69) is 4.74 Å². The molecule has 0 radical (unpaired) electrons. The van der Waals surface area contributed by atoms with Crippen molar-refractivity contribution in [3.8, 4) is 11.5 Å². The van der Waals surface area contributed by atoms with Crippen molar-refractivity contribution in [2.75, 3.05) is 13.7 Å². The van der Waals surface area contributed by atoms with Crippen molar-refractivity contribution < 1.29 is 22.6 Å². The highest BCUT2D eigenvalue weighted by molar-refractivity contribution is 5.85. The minimum atomic E-state index is -4.73. The number of benzene rings is 1. The third kappa shape index (κ3) is 6.88. The maximum absolute atomic E-state index is 12.2. The molecule has 8 heteroatoms. The van der Waals surface area contributed by atoms with Crippen LogP contribution in [0.3, 0.4) is 0 Å². The normalized spacial score (nSPS) is 12.5. The van der Waals surface area contributed by atoms with Gasteiger partial charge in [0.1, 0.15) is 11.5 Å². The Kier molecular flexibility index (Phi) is 8.46. The number of ether oxygens (including phenoxy) is 2. The maximum Gasteiger partial charge on any atom is 0.573 e. The van der Waals surface area contributed by atoms with Crippen molar-refractivity contribution >= 4 is 12.4 Å². The average Bonchev–Trinajstić information content (AvgIpc) is 2.37. The fourth-order valence-corrected chi connectivity index (χ4v) is 1.86. The molecule has 4 nitrogen and oxygen atoms in total. The first-order valence-electron chi connectivity index (χ1n) is 6.26. The number of hydrogen-bond donors (Lipinski definition) is 2. The Balaban J connectivity index is 0.00000400. The predicted molar refractivity (Wildman–Crippen MR) is 76.8 cm³/mol. The number of methoxy groups -OCH3 is 1. The summed E-state index contributed by atoms with van der Waals surface area (Å²) in [5, 5.41) is 0. The Bertz CT molecular complexity index is 430. The van der Waals surface area contributed by atoms with Gasteiger partial charge in [-0.05, 0) is 37.6 Å². The smallest absolute Gasteiger partial charge is 0.496 e. The molecular formula is C13H20ClF3N2O2. The minimum Gasteiger partial charge on any atom is -0.496 e. The number of hydrogen-bond acceptors (Lipinski definition) is 4. The van der Waals surface area contributed by atoms with E-state index in [0.717, 1.165) is 12.8 Å². The summed E-state index contributed by atoms with van der Waals surface area (Å²) < 4.78 is 45.6. The topological polar surface area (TPSA) is 70.5 Å². The highest BCUT2D eigenvalue weighted by atomic mass is 35.5. The predicted octanol–water partition coefficient (Wildman–Crippen LogP) is 3.14. The molecule has 0 aliphatic carbocycles. The summed E-state index contributed by atoms with van der Waals surface area (Å²) in [6.07, 6.45) is -2.50. The Labute approximate surface area is 128 Å². The highest BCUT2D eigenvalue weighted by Crippen LogP contribution is 2.32. The van der Waals surface area contributed by atoms with E-state index in [1.54, 1.807) is 0 Å². The van der Waals surface area contributed by atoms with Crippen LogP contribution in [-0.2, 0) is 0 Å². The molecule has 0 amide bonds. The van der Waals surface area contributed by atoms with Crippen LogP contribution in [0.2, 0.25) is 0 Å². The van der Waals surface area contributed by atoms with Crippen LogP contribution in [0, 0.1) is 0 Å². The first-order chi connectivity index (χ1) is 9.37. The van der Waals surface area contributed by atoms with Gasteiger partial charge >= 0.3 is 6.36 Å². The molecule has 0 heterocycles. The molecule has 122 valence electrons. The monoisotopic (exact) mass is 328 g/mol. The maximum atomic E-state index is 12.2. The summed E-state index contributed by atoms with van der Waals surface area (Å²) >= 11 is 0. The highest BCUT2D eigenvalue weighted by Gasteiger charge is 2.31. The molecule has 0 saturated heterocycles. The second kappa shape index (κ2) is 8.96. The van der Waals surface area contributed by atoms with Gasteiger partial charge in [0.05, 0.1) is 7.11 Å². The molecule has 1 rings (SSSR count). The van der Waals surface area contributed by atoms with Gasteiger partial charge < -0.3 is 20.9 Å². The zero-order valence-corrected chi connectivity index (χ0v) is 12.5. The molecule has 1 aromatic rings. The molecular weight excluding hydrogens is 309 g/mol. The molecule has 1 atom stereocenters. The van der Waals surface area contributed by atoms with Crippen LogP contribution in [0.15, 0.2) is 18.2 Å². The molecule has 0 bridgehead atoms.